The number of nitrogens with zero attached hydrogens (tertiary/aromatic N) is 1. The predicted octanol–water partition coefficient (Wildman–Crippen LogP) is 2.93. The molecule has 86 valence electrons. The van der Waals surface area contributed by atoms with Crippen LogP contribution in [0.2, 0.25) is 0 Å². The minimum Gasteiger partial charge on any atom is -0.284 e. The fraction of sp³-hybridized carbons (Fsp3) is 0.714. The van der Waals surface area contributed by atoms with Crippen LogP contribution in [0.1, 0.15) is 47.5 Å². The first-order valence-corrected chi connectivity index (χ1v) is 5.63. The summed E-state index contributed by atoms with van der Waals surface area (Å²) in [6, 6.07) is 2.32. The highest BCUT2D eigenvalue weighted by Gasteiger charge is 2.52. The zero-order valence-electron chi connectivity index (χ0n) is 10.8. The van der Waals surface area contributed by atoms with Gasteiger partial charge in [0, 0.05) is 10.8 Å². The molecule has 0 spiro atoms. The zero-order chi connectivity index (χ0) is 12.6. The Balaban J connectivity index is 2.89. The summed E-state index contributed by atoms with van der Waals surface area (Å²) < 4.78 is 0. The molecule has 1 aliphatic rings. The molecule has 2 heteroatoms. The summed E-state index contributed by atoms with van der Waals surface area (Å²) >= 11 is 0. The maximum absolute atomic E-state index is 11.7. The smallest absolute Gasteiger partial charge is 0.210 e. The highest BCUT2D eigenvalue weighted by Crippen LogP contribution is 2.55. The lowest BCUT2D eigenvalue weighted by atomic mass is 9.52. The summed E-state index contributed by atoms with van der Waals surface area (Å²) in [7, 11) is 0. The Bertz CT molecular complexity index is 413. The molecule has 1 saturated carbocycles. The van der Waals surface area contributed by atoms with Gasteiger partial charge in [-0.15, -0.1) is 0 Å². The van der Waals surface area contributed by atoms with Crippen molar-refractivity contribution in [1.29, 1.82) is 5.26 Å². The van der Waals surface area contributed by atoms with Gasteiger partial charge in [0.25, 0.3) is 0 Å². The molecule has 0 radical (unpaired) electrons. The first kappa shape index (κ1) is 12.8. The number of ketones is 1. The van der Waals surface area contributed by atoms with Crippen molar-refractivity contribution in [3.05, 3.63) is 0 Å². The van der Waals surface area contributed by atoms with Crippen molar-refractivity contribution in [2.75, 3.05) is 0 Å². The van der Waals surface area contributed by atoms with Gasteiger partial charge in [0.05, 0.1) is 11.5 Å². The second-order valence-electron chi connectivity index (χ2n) is 6.11. The Hall–Kier alpha value is -1.28. The van der Waals surface area contributed by atoms with Crippen LogP contribution in [0.4, 0.5) is 0 Å². The van der Waals surface area contributed by atoms with Crippen LogP contribution >= 0.6 is 0 Å². The number of rotatable bonds is 0. The molecule has 0 amide bonds. The van der Waals surface area contributed by atoms with Gasteiger partial charge >= 0.3 is 0 Å². The highest BCUT2D eigenvalue weighted by atomic mass is 16.1. The minimum absolute atomic E-state index is 0.0547. The lowest BCUT2D eigenvalue weighted by Crippen LogP contribution is -2.45. The maximum Gasteiger partial charge on any atom is 0.210 e. The monoisotopic (exact) mass is 217 g/mol. The van der Waals surface area contributed by atoms with E-state index in [1.807, 2.05) is 34.6 Å². The second kappa shape index (κ2) is 3.63. The zero-order valence-corrected chi connectivity index (χ0v) is 10.8. The molecule has 16 heavy (non-hydrogen) atoms. The molecule has 1 aliphatic carbocycles. The van der Waals surface area contributed by atoms with Crippen molar-refractivity contribution in [2.24, 2.45) is 16.2 Å². The van der Waals surface area contributed by atoms with E-state index in [1.165, 1.54) is 0 Å². The number of carbonyl (C=O) groups is 1. The third-order valence-corrected chi connectivity index (χ3v) is 3.72. The predicted molar refractivity (Wildman–Crippen MR) is 63.3 cm³/mol. The molecule has 0 bridgehead atoms. The van der Waals surface area contributed by atoms with E-state index in [9.17, 15) is 4.79 Å². The molecular weight excluding hydrogens is 198 g/mol. The molecule has 0 aromatic carbocycles. The van der Waals surface area contributed by atoms with Crippen LogP contribution in [0.15, 0.2) is 0 Å². The van der Waals surface area contributed by atoms with E-state index in [0.29, 0.717) is 0 Å². The lowest BCUT2D eigenvalue weighted by molar-refractivity contribution is -0.120. The average molecular weight is 217 g/mol. The van der Waals surface area contributed by atoms with Gasteiger partial charge in [-0.3, -0.25) is 4.79 Å². The third kappa shape index (κ3) is 1.98. The fourth-order valence-corrected chi connectivity index (χ4v) is 1.64. The Kier molecular flexibility index (Phi) is 2.90. The number of carbonyl (C=O) groups excluding carboxylic acids is 1. The van der Waals surface area contributed by atoms with E-state index in [-0.39, 0.29) is 11.2 Å². The Morgan fingerprint density at radius 3 is 2.00 bits per heavy atom. The quantitative estimate of drug-likeness (QED) is 0.462. The SMILES string of the molecule is CC(C)(C)C(=O)C#C[C@]1(C)CC[C@@]1(C)C#N. The van der Waals surface area contributed by atoms with Gasteiger partial charge < -0.3 is 0 Å². The van der Waals surface area contributed by atoms with Crippen molar-refractivity contribution in [1.82, 2.24) is 0 Å². The van der Waals surface area contributed by atoms with Gasteiger partial charge in [-0.05, 0) is 32.6 Å². The molecular formula is C14H19NO. The van der Waals surface area contributed by atoms with Gasteiger partial charge in [0.1, 0.15) is 0 Å². The van der Waals surface area contributed by atoms with Crippen LogP contribution in [0.3, 0.4) is 0 Å². The van der Waals surface area contributed by atoms with E-state index in [0.717, 1.165) is 12.8 Å². The topological polar surface area (TPSA) is 40.9 Å². The molecule has 0 saturated heterocycles. The minimum atomic E-state index is -0.420. The first-order valence-electron chi connectivity index (χ1n) is 5.63. The largest absolute Gasteiger partial charge is 0.284 e. The van der Waals surface area contributed by atoms with E-state index in [4.69, 9.17) is 5.26 Å². The average Bonchev–Trinajstić information content (AvgIpc) is 2.21. The van der Waals surface area contributed by atoms with Crippen LogP contribution in [0.25, 0.3) is 0 Å². The summed E-state index contributed by atoms with van der Waals surface area (Å²) in [5.41, 5.74) is -1.13. The third-order valence-electron chi connectivity index (χ3n) is 3.72. The van der Waals surface area contributed by atoms with Crippen LogP contribution in [0, 0.1) is 39.4 Å². The second-order valence-corrected chi connectivity index (χ2v) is 6.11. The Morgan fingerprint density at radius 2 is 1.69 bits per heavy atom. The van der Waals surface area contributed by atoms with Gasteiger partial charge in [0.15, 0.2) is 0 Å². The van der Waals surface area contributed by atoms with Gasteiger partial charge in [-0.1, -0.05) is 26.7 Å². The van der Waals surface area contributed by atoms with E-state index in [1.54, 1.807) is 0 Å². The van der Waals surface area contributed by atoms with Crippen LogP contribution in [-0.4, -0.2) is 5.78 Å². The Labute approximate surface area is 98.0 Å². The van der Waals surface area contributed by atoms with Crippen molar-refractivity contribution in [2.45, 2.75) is 47.5 Å². The van der Waals surface area contributed by atoms with Crippen LogP contribution < -0.4 is 0 Å². The molecule has 0 aromatic heterocycles. The fourth-order valence-electron chi connectivity index (χ4n) is 1.64. The van der Waals surface area contributed by atoms with Gasteiger partial charge in [-0.25, -0.2) is 0 Å². The summed E-state index contributed by atoms with van der Waals surface area (Å²) in [4.78, 5) is 11.7. The van der Waals surface area contributed by atoms with Crippen molar-refractivity contribution in [3.63, 3.8) is 0 Å². The van der Waals surface area contributed by atoms with E-state index in [2.05, 4.69) is 17.9 Å². The summed E-state index contributed by atoms with van der Waals surface area (Å²) in [6.45, 7) is 9.47. The van der Waals surface area contributed by atoms with Crippen molar-refractivity contribution in [3.8, 4) is 17.9 Å². The summed E-state index contributed by atoms with van der Waals surface area (Å²) in [5.74, 6) is 5.68. The lowest BCUT2D eigenvalue weighted by Gasteiger charge is -2.48. The number of hydrogen-bond donors (Lipinski definition) is 0. The maximum atomic E-state index is 11.7. The molecule has 0 aliphatic heterocycles. The molecule has 0 unspecified atom stereocenters. The normalized spacial score (nSPS) is 33.0. The summed E-state index contributed by atoms with van der Waals surface area (Å²) in [5, 5.41) is 9.10. The van der Waals surface area contributed by atoms with Crippen LogP contribution in [-0.2, 0) is 4.79 Å². The summed E-state index contributed by atoms with van der Waals surface area (Å²) in [6.07, 6.45) is 1.78. The van der Waals surface area contributed by atoms with E-state index >= 15 is 0 Å². The Morgan fingerprint density at radius 1 is 1.19 bits per heavy atom. The van der Waals surface area contributed by atoms with Crippen LogP contribution in [0.5, 0.6) is 0 Å². The molecule has 2 nitrogen and oxygen atoms in total. The molecule has 1 rings (SSSR count). The number of nitriles is 1. The van der Waals surface area contributed by atoms with Crippen molar-refractivity contribution < 1.29 is 4.79 Å². The van der Waals surface area contributed by atoms with Crippen molar-refractivity contribution >= 4 is 5.78 Å². The number of Topliss-reactive ketones (excluding diaryl/α,β-unsaturated/α-hetero) is 1. The van der Waals surface area contributed by atoms with Gasteiger partial charge in [-0.2, -0.15) is 5.26 Å². The molecule has 2 atom stereocenters. The molecule has 0 heterocycles. The molecule has 0 N–H and O–H groups in total. The number of hydrogen-bond acceptors (Lipinski definition) is 2. The van der Waals surface area contributed by atoms with E-state index < -0.39 is 10.8 Å². The molecule has 1 fully saturated rings. The standard InChI is InChI=1S/C14H19NO/c1-12(2,3)11(16)6-7-13(4)8-9-14(13,5)10-15/h8-9H2,1-5H3/t13-,14+/m1/s1. The highest BCUT2D eigenvalue weighted by molar-refractivity contribution is 5.99. The van der Waals surface area contributed by atoms with Gasteiger partial charge in [0.2, 0.25) is 5.78 Å². The molecule has 0 aromatic rings. The first-order chi connectivity index (χ1) is 7.15.